The Hall–Kier alpha value is -2.54. The second-order valence-corrected chi connectivity index (χ2v) is 7.68. The monoisotopic (exact) mass is 376 g/mol. The van der Waals surface area contributed by atoms with E-state index in [-0.39, 0.29) is 16.8 Å². The van der Waals surface area contributed by atoms with Crippen LogP contribution in [0, 0.1) is 0 Å². The lowest BCUT2D eigenvalue weighted by atomic mass is 10.1. The van der Waals surface area contributed by atoms with E-state index in [4.69, 9.17) is 4.74 Å². The van der Waals surface area contributed by atoms with Crippen LogP contribution in [0.1, 0.15) is 37.0 Å². The van der Waals surface area contributed by atoms with Crippen molar-refractivity contribution in [1.29, 1.82) is 0 Å². The highest BCUT2D eigenvalue weighted by Crippen LogP contribution is 2.26. The van der Waals surface area contributed by atoms with Gasteiger partial charge in [0.2, 0.25) is 0 Å². The van der Waals surface area contributed by atoms with Gasteiger partial charge >= 0.3 is 0 Å². The molecule has 0 saturated carbocycles. The minimum absolute atomic E-state index is 0.0709. The van der Waals surface area contributed by atoms with Crippen molar-refractivity contribution in [3.63, 3.8) is 0 Å². The maximum atomic E-state index is 12.5. The maximum absolute atomic E-state index is 12.5. The zero-order chi connectivity index (χ0) is 19.2. The third-order valence-corrected chi connectivity index (χ3v) is 5.26. The first-order valence-corrected chi connectivity index (χ1v) is 9.92. The Kier molecular flexibility index (Phi) is 6.63. The molecule has 0 aliphatic heterocycles. The average molecular weight is 376 g/mol. The van der Waals surface area contributed by atoms with Crippen molar-refractivity contribution in [2.24, 2.45) is 0 Å². The number of nitrogens with one attached hydrogen (secondary N) is 2. The number of carbonyl (C=O) groups excluding carboxylic acids is 1. The molecule has 1 atom stereocenters. The van der Waals surface area contributed by atoms with Crippen molar-refractivity contribution in [1.82, 2.24) is 5.32 Å². The van der Waals surface area contributed by atoms with Gasteiger partial charge in [-0.05, 0) is 49.7 Å². The van der Waals surface area contributed by atoms with Gasteiger partial charge in [-0.1, -0.05) is 25.5 Å². The first-order chi connectivity index (χ1) is 12.4. The summed E-state index contributed by atoms with van der Waals surface area (Å²) in [6, 6.07) is 12.7. The standard InChI is InChI=1S/C19H24N2O4S/c1-4-7-14(2)20-19(22)15-10-12-16(13-11-15)26(23,24)21-17-8-5-6-9-18(17)25-3/h5-6,8-14,21H,4,7H2,1-3H3,(H,20,22). The predicted octanol–water partition coefficient (Wildman–Crippen LogP) is 3.41. The number of hydrogen-bond acceptors (Lipinski definition) is 4. The molecule has 0 bridgehead atoms. The molecule has 0 aromatic heterocycles. The van der Waals surface area contributed by atoms with E-state index in [1.807, 2.05) is 6.92 Å². The topological polar surface area (TPSA) is 84.5 Å². The number of anilines is 1. The number of benzene rings is 2. The van der Waals surface area contributed by atoms with E-state index in [1.54, 1.807) is 24.3 Å². The summed E-state index contributed by atoms with van der Waals surface area (Å²) in [6.07, 6.45) is 1.87. The van der Waals surface area contributed by atoms with Gasteiger partial charge in [0.25, 0.3) is 15.9 Å². The van der Waals surface area contributed by atoms with Crippen LogP contribution in [0.5, 0.6) is 5.75 Å². The first-order valence-electron chi connectivity index (χ1n) is 8.44. The van der Waals surface area contributed by atoms with Crippen molar-refractivity contribution >= 4 is 21.6 Å². The van der Waals surface area contributed by atoms with Crippen molar-refractivity contribution in [3.05, 3.63) is 54.1 Å². The molecule has 0 fully saturated rings. The van der Waals surface area contributed by atoms with Gasteiger partial charge in [-0.15, -0.1) is 0 Å². The molecule has 7 heteroatoms. The van der Waals surface area contributed by atoms with Crippen molar-refractivity contribution in [2.75, 3.05) is 11.8 Å². The van der Waals surface area contributed by atoms with E-state index >= 15 is 0 Å². The molecule has 6 nitrogen and oxygen atoms in total. The summed E-state index contributed by atoms with van der Waals surface area (Å²) in [5.74, 6) is 0.213. The van der Waals surface area contributed by atoms with Crippen LogP contribution in [0.2, 0.25) is 0 Å². The molecule has 140 valence electrons. The fraction of sp³-hybridized carbons (Fsp3) is 0.316. The molecule has 2 N–H and O–H groups in total. The molecule has 0 aliphatic rings. The Labute approximate surface area is 154 Å². The van der Waals surface area contributed by atoms with Gasteiger partial charge in [0.15, 0.2) is 0 Å². The van der Waals surface area contributed by atoms with Crippen molar-refractivity contribution < 1.29 is 17.9 Å². The van der Waals surface area contributed by atoms with Gasteiger partial charge in [0, 0.05) is 11.6 Å². The van der Waals surface area contributed by atoms with Gasteiger partial charge in [-0.3, -0.25) is 9.52 Å². The minimum atomic E-state index is -3.78. The first kappa shape index (κ1) is 19.8. The number of ether oxygens (including phenoxy) is 1. The Balaban J connectivity index is 2.15. The zero-order valence-electron chi connectivity index (χ0n) is 15.2. The molecule has 1 amide bonds. The Bertz CT molecular complexity index is 848. The Morgan fingerprint density at radius 3 is 2.38 bits per heavy atom. The number of para-hydroxylation sites is 2. The lowest BCUT2D eigenvalue weighted by Crippen LogP contribution is -2.32. The molecule has 2 aromatic carbocycles. The van der Waals surface area contributed by atoms with Crippen LogP contribution in [-0.2, 0) is 10.0 Å². The Morgan fingerprint density at radius 1 is 1.12 bits per heavy atom. The maximum Gasteiger partial charge on any atom is 0.262 e. The third-order valence-electron chi connectivity index (χ3n) is 3.88. The van der Waals surface area contributed by atoms with Gasteiger partial charge in [0.05, 0.1) is 17.7 Å². The second-order valence-electron chi connectivity index (χ2n) is 5.99. The molecular formula is C19H24N2O4S. The lowest BCUT2D eigenvalue weighted by Gasteiger charge is -2.14. The highest BCUT2D eigenvalue weighted by molar-refractivity contribution is 7.92. The van der Waals surface area contributed by atoms with Crippen LogP contribution in [-0.4, -0.2) is 27.5 Å². The second kappa shape index (κ2) is 8.71. The van der Waals surface area contributed by atoms with Crippen LogP contribution in [0.3, 0.4) is 0 Å². The van der Waals surface area contributed by atoms with E-state index in [2.05, 4.69) is 17.0 Å². The highest BCUT2D eigenvalue weighted by atomic mass is 32.2. The molecule has 1 unspecified atom stereocenters. The SMILES string of the molecule is CCCC(C)NC(=O)c1ccc(S(=O)(=O)Nc2ccccc2OC)cc1. The number of methoxy groups -OCH3 is 1. The third kappa shape index (κ3) is 4.98. The smallest absolute Gasteiger partial charge is 0.262 e. The largest absolute Gasteiger partial charge is 0.495 e. The fourth-order valence-electron chi connectivity index (χ4n) is 2.53. The number of amides is 1. The van der Waals surface area contributed by atoms with Gasteiger partial charge in [-0.2, -0.15) is 0 Å². The predicted molar refractivity (Wildman–Crippen MR) is 102 cm³/mol. The molecule has 0 spiro atoms. The van der Waals surface area contributed by atoms with Gasteiger partial charge in [0.1, 0.15) is 5.75 Å². The summed E-state index contributed by atoms with van der Waals surface area (Å²) in [7, 11) is -2.31. The summed E-state index contributed by atoms with van der Waals surface area (Å²) >= 11 is 0. The Morgan fingerprint density at radius 2 is 1.77 bits per heavy atom. The number of rotatable bonds is 8. The summed E-state index contributed by atoms with van der Waals surface area (Å²) < 4.78 is 32.7. The van der Waals surface area contributed by atoms with Crippen molar-refractivity contribution in [3.8, 4) is 5.75 Å². The van der Waals surface area contributed by atoms with E-state index in [0.29, 0.717) is 17.0 Å². The number of hydrogen-bond donors (Lipinski definition) is 2. The summed E-state index contributed by atoms with van der Waals surface area (Å²) in [4.78, 5) is 12.2. The lowest BCUT2D eigenvalue weighted by molar-refractivity contribution is 0.0938. The zero-order valence-corrected chi connectivity index (χ0v) is 16.0. The minimum Gasteiger partial charge on any atom is -0.495 e. The number of carbonyl (C=O) groups is 1. The van der Waals surface area contributed by atoms with Crippen molar-refractivity contribution in [2.45, 2.75) is 37.6 Å². The van der Waals surface area contributed by atoms with E-state index in [0.717, 1.165) is 12.8 Å². The summed E-state index contributed by atoms with van der Waals surface area (Å²) in [5.41, 5.74) is 0.773. The molecule has 2 aromatic rings. The quantitative estimate of drug-likeness (QED) is 0.739. The van der Waals surface area contributed by atoms with E-state index in [1.165, 1.54) is 31.4 Å². The molecule has 0 radical (unpaired) electrons. The van der Waals surface area contributed by atoms with E-state index < -0.39 is 10.0 Å². The fourth-order valence-corrected chi connectivity index (χ4v) is 3.60. The molecule has 0 aliphatic carbocycles. The van der Waals surface area contributed by atoms with Crippen LogP contribution in [0.4, 0.5) is 5.69 Å². The summed E-state index contributed by atoms with van der Waals surface area (Å²) in [5, 5.41) is 2.89. The molecular weight excluding hydrogens is 352 g/mol. The van der Waals surface area contributed by atoms with Gasteiger partial charge in [-0.25, -0.2) is 8.42 Å². The normalized spacial score (nSPS) is 12.3. The molecule has 26 heavy (non-hydrogen) atoms. The average Bonchev–Trinajstić information content (AvgIpc) is 2.62. The van der Waals surface area contributed by atoms with Gasteiger partial charge < -0.3 is 10.1 Å². The molecule has 2 rings (SSSR count). The number of sulfonamides is 1. The van der Waals surface area contributed by atoms with Crippen LogP contribution < -0.4 is 14.8 Å². The molecule has 0 heterocycles. The molecule has 0 saturated heterocycles. The van der Waals surface area contributed by atoms with Crippen LogP contribution in [0.25, 0.3) is 0 Å². The van der Waals surface area contributed by atoms with E-state index in [9.17, 15) is 13.2 Å². The van der Waals surface area contributed by atoms with Crippen LogP contribution in [0.15, 0.2) is 53.4 Å². The summed E-state index contributed by atoms with van der Waals surface area (Å²) in [6.45, 7) is 3.99. The highest BCUT2D eigenvalue weighted by Gasteiger charge is 2.17. The van der Waals surface area contributed by atoms with Crippen LogP contribution >= 0.6 is 0 Å².